The molecule has 0 aliphatic rings. The molecule has 2 rings (SSSR count). The molecule has 0 aliphatic heterocycles. The van der Waals surface area contributed by atoms with Gasteiger partial charge in [0.25, 0.3) is 0 Å². The molecule has 0 aromatic heterocycles. The third-order valence-electron chi connectivity index (χ3n) is 3.00. The molecule has 120 valence electrons. The molecular weight excluding hydrogens is 312 g/mol. The summed E-state index contributed by atoms with van der Waals surface area (Å²) in [7, 11) is 1.48. The van der Waals surface area contributed by atoms with Gasteiger partial charge < -0.3 is 9.84 Å². The van der Waals surface area contributed by atoms with Gasteiger partial charge in [-0.2, -0.15) is 5.10 Å². The van der Waals surface area contributed by atoms with Gasteiger partial charge in [0.05, 0.1) is 19.1 Å². The third-order valence-corrected chi connectivity index (χ3v) is 4.01. The molecular formula is C17H18N2O3S. The molecule has 5 nitrogen and oxygen atoms in total. The fraction of sp³-hybridized carbons (Fsp3) is 0.176. The van der Waals surface area contributed by atoms with Crippen LogP contribution >= 0.6 is 11.8 Å². The highest BCUT2D eigenvalue weighted by Gasteiger charge is 2.03. The van der Waals surface area contributed by atoms with Crippen molar-refractivity contribution in [2.45, 2.75) is 11.8 Å². The molecule has 0 fully saturated rings. The SMILES string of the molecule is COc1ccc(/C=N/NC(=O)CSc2ccc(C)cc2)cc1O. The molecule has 1 amide bonds. The van der Waals surface area contributed by atoms with E-state index < -0.39 is 0 Å². The Morgan fingerprint density at radius 2 is 2.04 bits per heavy atom. The van der Waals surface area contributed by atoms with E-state index in [1.165, 1.54) is 36.7 Å². The van der Waals surface area contributed by atoms with Crippen LogP contribution in [-0.2, 0) is 4.79 Å². The molecule has 0 spiro atoms. The highest BCUT2D eigenvalue weighted by atomic mass is 32.2. The summed E-state index contributed by atoms with van der Waals surface area (Å²) >= 11 is 1.45. The van der Waals surface area contributed by atoms with E-state index in [9.17, 15) is 9.90 Å². The number of phenols is 1. The van der Waals surface area contributed by atoms with Crippen LogP contribution in [0.3, 0.4) is 0 Å². The van der Waals surface area contributed by atoms with Gasteiger partial charge in [-0.3, -0.25) is 4.79 Å². The van der Waals surface area contributed by atoms with Gasteiger partial charge >= 0.3 is 0 Å². The number of thioether (sulfide) groups is 1. The summed E-state index contributed by atoms with van der Waals surface area (Å²) in [5, 5.41) is 13.5. The number of ether oxygens (including phenoxy) is 1. The molecule has 2 N–H and O–H groups in total. The number of carbonyl (C=O) groups is 1. The van der Waals surface area contributed by atoms with Crippen LogP contribution in [0.1, 0.15) is 11.1 Å². The van der Waals surface area contributed by atoms with Crippen LogP contribution in [-0.4, -0.2) is 30.1 Å². The molecule has 6 heteroatoms. The zero-order valence-corrected chi connectivity index (χ0v) is 13.8. The maximum Gasteiger partial charge on any atom is 0.250 e. The van der Waals surface area contributed by atoms with Crippen LogP contribution in [0, 0.1) is 6.92 Å². The van der Waals surface area contributed by atoms with E-state index in [1.54, 1.807) is 12.1 Å². The van der Waals surface area contributed by atoms with Crippen molar-refractivity contribution in [2.24, 2.45) is 5.10 Å². The van der Waals surface area contributed by atoms with E-state index in [2.05, 4.69) is 10.5 Å². The van der Waals surface area contributed by atoms with Crippen molar-refractivity contribution in [2.75, 3.05) is 12.9 Å². The second-order valence-electron chi connectivity index (χ2n) is 4.83. The van der Waals surface area contributed by atoms with Gasteiger partial charge in [0.15, 0.2) is 11.5 Å². The number of carbonyl (C=O) groups excluding carboxylic acids is 1. The third kappa shape index (κ3) is 5.34. The topological polar surface area (TPSA) is 70.9 Å². The van der Waals surface area contributed by atoms with E-state index in [0.717, 1.165) is 4.90 Å². The van der Waals surface area contributed by atoms with Crippen LogP contribution in [0.25, 0.3) is 0 Å². The first-order valence-electron chi connectivity index (χ1n) is 6.97. The highest BCUT2D eigenvalue weighted by molar-refractivity contribution is 8.00. The molecule has 0 unspecified atom stereocenters. The van der Waals surface area contributed by atoms with Crippen LogP contribution in [0.15, 0.2) is 52.5 Å². The van der Waals surface area contributed by atoms with Crippen LogP contribution in [0.5, 0.6) is 11.5 Å². The van der Waals surface area contributed by atoms with Gasteiger partial charge in [-0.1, -0.05) is 17.7 Å². The molecule has 0 heterocycles. The van der Waals surface area contributed by atoms with E-state index in [0.29, 0.717) is 11.3 Å². The summed E-state index contributed by atoms with van der Waals surface area (Å²) in [6.07, 6.45) is 1.47. The first kappa shape index (κ1) is 16.9. The van der Waals surface area contributed by atoms with Gasteiger partial charge in [0.1, 0.15) is 0 Å². The highest BCUT2D eigenvalue weighted by Crippen LogP contribution is 2.25. The van der Waals surface area contributed by atoms with Gasteiger partial charge in [-0.25, -0.2) is 5.43 Å². The van der Waals surface area contributed by atoms with Gasteiger partial charge in [-0.15, -0.1) is 11.8 Å². The Bertz CT molecular complexity index is 699. The number of benzene rings is 2. The summed E-state index contributed by atoms with van der Waals surface area (Å²) < 4.78 is 4.96. The molecule has 0 aliphatic carbocycles. The number of methoxy groups -OCH3 is 1. The summed E-state index contributed by atoms with van der Waals surface area (Å²) in [5.41, 5.74) is 4.31. The monoisotopic (exact) mass is 330 g/mol. The maximum absolute atomic E-state index is 11.7. The summed E-state index contributed by atoms with van der Waals surface area (Å²) in [4.78, 5) is 12.8. The first-order chi connectivity index (χ1) is 11.1. The normalized spacial score (nSPS) is 10.7. The quantitative estimate of drug-likeness (QED) is 0.485. The molecule has 0 atom stereocenters. The number of hydrogen-bond acceptors (Lipinski definition) is 5. The molecule has 0 bridgehead atoms. The number of hydrogen-bond donors (Lipinski definition) is 2. The molecule has 2 aromatic rings. The van der Waals surface area contributed by atoms with Crippen molar-refractivity contribution in [1.29, 1.82) is 0 Å². The average Bonchev–Trinajstić information content (AvgIpc) is 2.54. The molecule has 23 heavy (non-hydrogen) atoms. The van der Waals surface area contributed by atoms with Crippen LogP contribution in [0.4, 0.5) is 0 Å². The van der Waals surface area contributed by atoms with Crippen molar-refractivity contribution >= 4 is 23.9 Å². The van der Waals surface area contributed by atoms with E-state index in [1.807, 2.05) is 31.2 Å². The second-order valence-corrected chi connectivity index (χ2v) is 5.87. The molecule has 0 saturated heterocycles. The first-order valence-corrected chi connectivity index (χ1v) is 7.95. The van der Waals surface area contributed by atoms with E-state index in [4.69, 9.17) is 4.74 Å². The average molecular weight is 330 g/mol. The number of nitrogens with one attached hydrogen (secondary N) is 1. The fourth-order valence-electron chi connectivity index (χ4n) is 1.78. The van der Waals surface area contributed by atoms with Gasteiger partial charge in [0.2, 0.25) is 5.91 Å². The predicted octanol–water partition coefficient (Wildman–Crippen LogP) is 2.95. The van der Waals surface area contributed by atoms with Crippen LogP contribution < -0.4 is 10.2 Å². The standard InChI is InChI=1S/C17H18N2O3S/c1-12-3-6-14(7-4-12)23-11-17(21)19-18-10-13-5-8-16(22-2)15(20)9-13/h3-10,20H,11H2,1-2H3,(H,19,21)/b18-10+. The molecule has 0 radical (unpaired) electrons. The van der Waals surface area contributed by atoms with Gasteiger partial charge in [0, 0.05) is 4.90 Å². The summed E-state index contributed by atoms with van der Waals surface area (Å²) in [5.74, 6) is 0.511. The van der Waals surface area contributed by atoms with Crippen molar-refractivity contribution < 1.29 is 14.6 Å². The van der Waals surface area contributed by atoms with Crippen molar-refractivity contribution in [3.63, 3.8) is 0 Å². The number of hydrazone groups is 1. The summed E-state index contributed by atoms with van der Waals surface area (Å²) in [6.45, 7) is 2.02. The van der Waals surface area contributed by atoms with E-state index in [-0.39, 0.29) is 17.4 Å². The number of aryl methyl sites for hydroxylation is 1. The van der Waals surface area contributed by atoms with Crippen molar-refractivity contribution in [3.8, 4) is 11.5 Å². The predicted molar refractivity (Wildman–Crippen MR) is 92.3 cm³/mol. The zero-order chi connectivity index (χ0) is 16.7. The number of nitrogens with zero attached hydrogens (tertiary/aromatic N) is 1. The van der Waals surface area contributed by atoms with E-state index >= 15 is 0 Å². The minimum Gasteiger partial charge on any atom is -0.504 e. The lowest BCUT2D eigenvalue weighted by molar-refractivity contribution is -0.118. The summed E-state index contributed by atoms with van der Waals surface area (Å²) in [6, 6.07) is 12.9. The lowest BCUT2D eigenvalue weighted by Gasteiger charge is -2.03. The molecule has 2 aromatic carbocycles. The lowest BCUT2D eigenvalue weighted by Crippen LogP contribution is -2.19. The number of rotatable bonds is 6. The fourth-order valence-corrected chi connectivity index (χ4v) is 2.47. The number of phenolic OH excluding ortho intramolecular Hbond substituents is 1. The van der Waals surface area contributed by atoms with Crippen LogP contribution in [0.2, 0.25) is 0 Å². The minimum absolute atomic E-state index is 0.0257. The Kier molecular flexibility index (Phi) is 6.05. The zero-order valence-electron chi connectivity index (χ0n) is 12.9. The van der Waals surface area contributed by atoms with Crippen molar-refractivity contribution in [3.05, 3.63) is 53.6 Å². The Labute approximate surface area is 139 Å². The Morgan fingerprint density at radius 3 is 2.70 bits per heavy atom. The Morgan fingerprint density at radius 1 is 1.30 bits per heavy atom. The number of amides is 1. The largest absolute Gasteiger partial charge is 0.504 e. The second kappa shape index (κ2) is 8.24. The maximum atomic E-state index is 11.7. The van der Waals surface area contributed by atoms with Gasteiger partial charge in [-0.05, 0) is 42.8 Å². The Balaban J connectivity index is 1.81. The Hall–Kier alpha value is -2.47. The minimum atomic E-state index is -0.190. The van der Waals surface area contributed by atoms with Crippen molar-refractivity contribution in [1.82, 2.24) is 5.43 Å². The number of aromatic hydroxyl groups is 1. The lowest BCUT2D eigenvalue weighted by atomic mass is 10.2. The molecule has 0 saturated carbocycles. The smallest absolute Gasteiger partial charge is 0.250 e.